The van der Waals surface area contributed by atoms with Crippen LogP contribution in [0.4, 0.5) is 0 Å². The number of ether oxygens (including phenoxy) is 3. The second kappa shape index (κ2) is 4.60. The minimum Gasteiger partial charge on any atom is -0.493 e. The molecule has 4 atom stereocenters. The molecule has 4 unspecified atom stereocenters. The summed E-state index contributed by atoms with van der Waals surface area (Å²) in [6, 6.07) is 0. The maximum Gasteiger partial charge on any atom is 0.152 e. The Morgan fingerprint density at radius 1 is 1.54 bits per heavy atom. The molecule has 1 rings (SSSR count). The Kier molecular flexibility index (Phi) is 3.71. The van der Waals surface area contributed by atoms with Crippen molar-refractivity contribution in [2.24, 2.45) is 0 Å². The lowest BCUT2D eigenvalue weighted by Crippen LogP contribution is -2.36. The summed E-state index contributed by atoms with van der Waals surface area (Å²) in [5.74, 6) is 0. The van der Waals surface area contributed by atoms with E-state index in [-0.39, 0.29) is 31.0 Å². The second-order valence-corrected chi connectivity index (χ2v) is 3.03. The van der Waals surface area contributed by atoms with Crippen LogP contribution in [-0.2, 0) is 14.2 Å². The third kappa shape index (κ3) is 2.02. The van der Waals surface area contributed by atoms with Gasteiger partial charge in [0, 0.05) is 7.11 Å². The lowest BCUT2D eigenvalue weighted by molar-refractivity contribution is -0.0353. The van der Waals surface area contributed by atoms with Gasteiger partial charge in [0.25, 0.3) is 0 Å². The van der Waals surface area contributed by atoms with Gasteiger partial charge >= 0.3 is 0 Å². The molecule has 1 aliphatic rings. The number of hydrogen-bond donors (Lipinski definition) is 1. The first kappa shape index (κ1) is 10.5. The van der Waals surface area contributed by atoms with Gasteiger partial charge in [0.2, 0.25) is 0 Å². The zero-order chi connectivity index (χ0) is 9.84. The molecule has 1 heterocycles. The van der Waals surface area contributed by atoms with Crippen LogP contribution in [0.5, 0.6) is 0 Å². The minimum absolute atomic E-state index is 0.0557. The summed E-state index contributed by atoms with van der Waals surface area (Å²) in [6.45, 7) is 5.31. The standard InChI is InChI=1S/C9H16O4/c1-4-12-8-6(2)13-7(5-10)9(8)11-3/h4,6-10H,1,5H2,2-3H3. The number of aliphatic hydroxyl groups excluding tert-OH is 1. The zero-order valence-electron chi connectivity index (χ0n) is 7.97. The molecular weight excluding hydrogens is 172 g/mol. The third-order valence-corrected chi connectivity index (χ3v) is 2.25. The van der Waals surface area contributed by atoms with Gasteiger partial charge in [-0.1, -0.05) is 6.58 Å². The van der Waals surface area contributed by atoms with Crippen LogP contribution in [0.1, 0.15) is 6.92 Å². The molecule has 0 radical (unpaired) electrons. The van der Waals surface area contributed by atoms with Gasteiger partial charge in [-0.3, -0.25) is 0 Å². The van der Waals surface area contributed by atoms with E-state index in [0.29, 0.717) is 0 Å². The van der Waals surface area contributed by atoms with Crippen molar-refractivity contribution in [3.05, 3.63) is 12.8 Å². The molecule has 13 heavy (non-hydrogen) atoms. The summed E-state index contributed by atoms with van der Waals surface area (Å²) < 4.78 is 15.9. The quantitative estimate of drug-likeness (QED) is 0.645. The van der Waals surface area contributed by atoms with Crippen molar-refractivity contribution in [2.75, 3.05) is 13.7 Å². The fourth-order valence-corrected chi connectivity index (χ4v) is 1.64. The van der Waals surface area contributed by atoms with E-state index in [4.69, 9.17) is 19.3 Å². The molecule has 1 fully saturated rings. The van der Waals surface area contributed by atoms with E-state index in [0.717, 1.165) is 0 Å². The first-order valence-corrected chi connectivity index (χ1v) is 4.30. The van der Waals surface area contributed by atoms with Crippen molar-refractivity contribution < 1.29 is 19.3 Å². The minimum atomic E-state index is -0.301. The average Bonchev–Trinajstić information content (AvgIpc) is 2.44. The maximum atomic E-state index is 8.98. The second-order valence-electron chi connectivity index (χ2n) is 3.03. The van der Waals surface area contributed by atoms with Gasteiger partial charge in [-0.2, -0.15) is 0 Å². The fourth-order valence-electron chi connectivity index (χ4n) is 1.64. The van der Waals surface area contributed by atoms with Gasteiger partial charge in [0.15, 0.2) is 6.10 Å². The van der Waals surface area contributed by atoms with Crippen LogP contribution in [0, 0.1) is 0 Å². The van der Waals surface area contributed by atoms with Crippen LogP contribution in [0.2, 0.25) is 0 Å². The predicted molar refractivity (Wildman–Crippen MR) is 47.3 cm³/mol. The summed E-state index contributed by atoms with van der Waals surface area (Å²) in [7, 11) is 1.58. The smallest absolute Gasteiger partial charge is 0.152 e. The summed E-state index contributed by atoms with van der Waals surface area (Å²) in [5.41, 5.74) is 0. The number of methoxy groups -OCH3 is 1. The van der Waals surface area contributed by atoms with E-state index in [1.165, 1.54) is 6.26 Å². The van der Waals surface area contributed by atoms with Crippen LogP contribution < -0.4 is 0 Å². The normalized spacial score (nSPS) is 39.0. The van der Waals surface area contributed by atoms with Crippen molar-refractivity contribution in [3.63, 3.8) is 0 Å². The van der Waals surface area contributed by atoms with E-state index in [1.54, 1.807) is 7.11 Å². The molecule has 0 amide bonds. The molecule has 1 aliphatic heterocycles. The summed E-state index contributed by atoms with van der Waals surface area (Å²) >= 11 is 0. The van der Waals surface area contributed by atoms with Crippen molar-refractivity contribution in [1.82, 2.24) is 0 Å². The monoisotopic (exact) mass is 188 g/mol. The van der Waals surface area contributed by atoms with Gasteiger partial charge < -0.3 is 19.3 Å². The Morgan fingerprint density at radius 2 is 2.23 bits per heavy atom. The van der Waals surface area contributed by atoms with Crippen LogP contribution >= 0.6 is 0 Å². The molecule has 0 spiro atoms. The SMILES string of the molecule is C=COC1C(C)OC(CO)C1OC. The van der Waals surface area contributed by atoms with Gasteiger partial charge in [0.1, 0.15) is 12.2 Å². The summed E-state index contributed by atoms with van der Waals surface area (Å²) in [4.78, 5) is 0. The highest BCUT2D eigenvalue weighted by Gasteiger charge is 2.43. The maximum absolute atomic E-state index is 8.98. The number of aliphatic hydroxyl groups is 1. The molecule has 0 bridgehead atoms. The molecule has 0 saturated carbocycles. The molecule has 0 aromatic carbocycles. The average molecular weight is 188 g/mol. The first-order valence-electron chi connectivity index (χ1n) is 4.30. The fraction of sp³-hybridized carbons (Fsp3) is 0.778. The highest BCUT2D eigenvalue weighted by molar-refractivity contribution is 4.91. The van der Waals surface area contributed by atoms with Gasteiger partial charge in [-0.25, -0.2) is 0 Å². The van der Waals surface area contributed by atoms with Crippen LogP contribution in [0.15, 0.2) is 12.8 Å². The van der Waals surface area contributed by atoms with Crippen LogP contribution in [-0.4, -0.2) is 43.2 Å². The predicted octanol–water partition coefficient (Wildman–Crippen LogP) is 0.310. The topological polar surface area (TPSA) is 47.9 Å². The Hall–Kier alpha value is -0.580. The lowest BCUT2D eigenvalue weighted by atomic mass is 10.1. The molecule has 0 aliphatic carbocycles. The molecule has 0 aromatic heterocycles. The molecule has 0 aromatic rings. The van der Waals surface area contributed by atoms with E-state index in [9.17, 15) is 0 Å². The summed E-state index contributed by atoms with van der Waals surface area (Å²) in [6.07, 6.45) is 0.582. The molecule has 1 N–H and O–H groups in total. The zero-order valence-corrected chi connectivity index (χ0v) is 7.97. The molecule has 76 valence electrons. The van der Waals surface area contributed by atoms with Crippen molar-refractivity contribution in [1.29, 1.82) is 0 Å². The lowest BCUT2D eigenvalue weighted by Gasteiger charge is -2.20. The van der Waals surface area contributed by atoms with Crippen LogP contribution in [0.25, 0.3) is 0 Å². The Labute approximate surface area is 78.1 Å². The van der Waals surface area contributed by atoms with Gasteiger partial charge in [-0.05, 0) is 6.92 Å². The van der Waals surface area contributed by atoms with E-state index in [2.05, 4.69) is 6.58 Å². The highest BCUT2D eigenvalue weighted by atomic mass is 16.6. The molecule has 4 nitrogen and oxygen atoms in total. The highest BCUT2D eigenvalue weighted by Crippen LogP contribution is 2.25. The Bertz CT molecular complexity index is 171. The van der Waals surface area contributed by atoms with Crippen molar-refractivity contribution >= 4 is 0 Å². The summed E-state index contributed by atoms with van der Waals surface area (Å²) in [5, 5.41) is 8.98. The van der Waals surface area contributed by atoms with E-state index < -0.39 is 0 Å². The van der Waals surface area contributed by atoms with E-state index >= 15 is 0 Å². The molecule has 4 heteroatoms. The van der Waals surface area contributed by atoms with Crippen LogP contribution in [0.3, 0.4) is 0 Å². The number of rotatable bonds is 4. The Morgan fingerprint density at radius 3 is 2.69 bits per heavy atom. The Balaban J connectivity index is 2.64. The van der Waals surface area contributed by atoms with Gasteiger partial charge in [0.05, 0.1) is 19.0 Å². The molecular formula is C9H16O4. The third-order valence-electron chi connectivity index (χ3n) is 2.25. The first-order chi connectivity index (χ1) is 6.24. The van der Waals surface area contributed by atoms with Crippen molar-refractivity contribution in [3.8, 4) is 0 Å². The van der Waals surface area contributed by atoms with E-state index in [1.807, 2.05) is 6.92 Å². The van der Waals surface area contributed by atoms with Gasteiger partial charge in [-0.15, -0.1) is 0 Å². The number of hydrogen-bond acceptors (Lipinski definition) is 4. The van der Waals surface area contributed by atoms with Crippen molar-refractivity contribution in [2.45, 2.75) is 31.3 Å². The largest absolute Gasteiger partial charge is 0.493 e. The molecule has 1 saturated heterocycles.